The van der Waals surface area contributed by atoms with Gasteiger partial charge in [-0.2, -0.15) is 0 Å². The fourth-order valence-corrected chi connectivity index (χ4v) is 4.30. The molecule has 1 aliphatic carbocycles. The Bertz CT molecular complexity index is 290. The topological polar surface area (TPSA) is 18.5 Å². The number of nitrogens with one attached hydrogen (secondary N) is 1. The van der Waals surface area contributed by atoms with Crippen LogP contribution in [0.4, 0.5) is 0 Å². The summed E-state index contributed by atoms with van der Waals surface area (Å²) < 4.78 is 0. The van der Waals surface area contributed by atoms with Gasteiger partial charge < -0.3 is 10.2 Å². The van der Waals surface area contributed by atoms with E-state index in [0.29, 0.717) is 5.54 Å². The molecular formula is C16H31N3. The molecule has 0 aromatic heterocycles. The third-order valence-electron chi connectivity index (χ3n) is 5.79. The highest BCUT2D eigenvalue weighted by Gasteiger charge is 2.40. The maximum Gasteiger partial charge on any atom is 0.0309 e. The first kappa shape index (κ1) is 13.8. The van der Waals surface area contributed by atoms with Crippen LogP contribution in [0.25, 0.3) is 0 Å². The number of hydrogen-bond donors (Lipinski definition) is 1. The number of piperidine rings is 1. The molecule has 2 heterocycles. The van der Waals surface area contributed by atoms with E-state index in [4.69, 9.17) is 0 Å². The van der Waals surface area contributed by atoms with Crippen molar-refractivity contribution >= 4 is 0 Å². The van der Waals surface area contributed by atoms with E-state index in [2.05, 4.69) is 29.1 Å². The molecular weight excluding hydrogens is 234 g/mol. The third kappa shape index (κ3) is 3.14. The van der Waals surface area contributed by atoms with Gasteiger partial charge in [-0.15, -0.1) is 0 Å². The van der Waals surface area contributed by atoms with Crippen LogP contribution in [0.2, 0.25) is 0 Å². The van der Waals surface area contributed by atoms with Gasteiger partial charge in [0.1, 0.15) is 0 Å². The van der Waals surface area contributed by atoms with Crippen molar-refractivity contribution in [2.75, 3.05) is 39.8 Å². The van der Waals surface area contributed by atoms with Gasteiger partial charge in [-0.05, 0) is 58.7 Å². The van der Waals surface area contributed by atoms with E-state index in [0.717, 1.165) is 12.0 Å². The van der Waals surface area contributed by atoms with Gasteiger partial charge in [-0.1, -0.05) is 12.8 Å². The SMILES string of the molecule is CC1CNC2(CCCC2)CN1CC1CCN(C)CC1. The number of hydrogen-bond acceptors (Lipinski definition) is 3. The zero-order valence-corrected chi connectivity index (χ0v) is 12.8. The molecule has 2 aliphatic heterocycles. The summed E-state index contributed by atoms with van der Waals surface area (Å²) in [7, 11) is 2.26. The molecule has 3 fully saturated rings. The standard InChI is InChI=1S/C16H31N3/c1-14-11-17-16(7-3-4-8-16)13-19(14)12-15-5-9-18(2)10-6-15/h14-15,17H,3-13H2,1-2H3. The summed E-state index contributed by atoms with van der Waals surface area (Å²) in [5.41, 5.74) is 0.484. The fourth-order valence-electron chi connectivity index (χ4n) is 4.30. The molecule has 1 N–H and O–H groups in total. The Morgan fingerprint density at radius 3 is 2.53 bits per heavy atom. The lowest BCUT2D eigenvalue weighted by Crippen LogP contribution is -2.63. The van der Waals surface area contributed by atoms with Gasteiger partial charge in [0, 0.05) is 31.2 Å². The molecule has 0 aromatic rings. The Kier molecular flexibility index (Phi) is 4.16. The van der Waals surface area contributed by atoms with Crippen molar-refractivity contribution in [3.05, 3.63) is 0 Å². The van der Waals surface area contributed by atoms with E-state index in [1.165, 1.54) is 71.2 Å². The molecule has 1 unspecified atom stereocenters. The smallest absolute Gasteiger partial charge is 0.0309 e. The number of nitrogens with zero attached hydrogens (tertiary/aromatic N) is 2. The highest BCUT2D eigenvalue weighted by atomic mass is 15.3. The summed E-state index contributed by atoms with van der Waals surface area (Å²) in [5, 5.41) is 3.87. The molecule has 3 rings (SSSR count). The number of likely N-dealkylation sites (tertiary alicyclic amines) is 1. The second-order valence-electron chi connectivity index (χ2n) is 7.39. The normalized spacial score (nSPS) is 34.1. The molecule has 19 heavy (non-hydrogen) atoms. The van der Waals surface area contributed by atoms with Crippen LogP contribution in [-0.2, 0) is 0 Å². The van der Waals surface area contributed by atoms with E-state index in [-0.39, 0.29) is 0 Å². The van der Waals surface area contributed by atoms with Crippen molar-refractivity contribution in [2.24, 2.45) is 5.92 Å². The zero-order valence-electron chi connectivity index (χ0n) is 12.8. The fraction of sp³-hybridized carbons (Fsp3) is 1.00. The molecule has 0 bridgehead atoms. The van der Waals surface area contributed by atoms with Crippen molar-refractivity contribution in [1.29, 1.82) is 0 Å². The summed E-state index contributed by atoms with van der Waals surface area (Å²) in [6, 6.07) is 0.728. The van der Waals surface area contributed by atoms with Crippen LogP contribution in [0.15, 0.2) is 0 Å². The lowest BCUT2D eigenvalue weighted by atomic mass is 9.90. The van der Waals surface area contributed by atoms with Gasteiger partial charge in [0.2, 0.25) is 0 Å². The Balaban J connectivity index is 1.56. The largest absolute Gasteiger partial charge is 0.308 e. The van der Waals surface area contributed by atoms with Crippen LogP contribution < -0.4 is 5.32 Å². The summed E-state index contributed by atoms with van der Waals surface area (Å²) >= 11 is 0. The van der Waals surface area contributed by atoms with Gasteiger partial charge in [0.15, 0.2) is 0 Å². The van der Waals surface area contributed by atoms with E-state index >= 15 is 0 Å². The van der Waals surface area contributed by atoms with Gasteiger partial charge in [0.05, 0.1) is 0 Å². The van der Waals surface area contributed by atoms with Crippen molar-refractivity contribution in [1.82, 2.24) is 15.1 Å². The summed E-state index contributed by atoms with van der Waals surface area (Å²) in [5.74, 6) is 0.940. The molecule has 3 aliphatic rings. The molecule has 1 spiro atoms. The van der Waals surface area contributed by atoms with Crippen LogP contribution in [0.3, 0.4) is 0 Å². The average Bonchev–Trinajstić information content (AvgIpc) is 2.85. The number of rotatable bonds is 2. The van der Waals surface area contributed by atoms with Crippen molar-refractivity contribution < 1.29 is 0 Å². The Labute approximate surface area is 118 Å². The molecule has 3 heteroatoms. The lowest BCUT2D eigenvalue weighted by Gasteiger charge is -2.47. The van der Waals surface area contributed by atoms with Gasteiger partial charge in [-0.25, -0.2) is 0 Å². The van der Waals surface area contributed by atoms with Crippen molar-refractivity contribution in [3.63, 3.8) is 0 Å². The van der Waals surface area contributed by atoms with Crippen LogP contribution in [0.1, 0.15) is 45.4 Å². The Hall–Kier alpha value is -0.120. The van der Waals surface area contributed by atoms with E-state index in [9.17, 15) is 0 Å². The molecule has 3 nitrogen and oxygen atoms in total. The third-order valence-corrected chi connectivity index (χ3v) is 5.79. The maximum absolute atomic E-state index is 3.87. The quantitative estimate of drug-likeness (QED) is 0.823. The lowest BCUT2D eigenvalue weighted by molar-refractivity contribution is 0.0615. The van der Waals surface area contributed by atoms with E-state index in [1.807, 2.05) is 0 Å². The first-order valence-corrected chi connectivity index (χ1v) is 8.34. The Morgan fingerprint density at radius 1 is 1.16 bits per heavy atom. The second-order valence-corrected chi connectivity index (χ2v) is 7.39. The molecule has 0 amide bonds. The molecule has 0 aromatic carbocycles. The zero-order chi connectivity index (χ0) is 13.3. The van der Waals surface area contributed by atoms with Gasteiger partial charge in [-0.3, -0.25) is 4.90 Å². The highest BCUT2D eigenvalue weighted by molar-refractivity contribution is 5.00. The molecule has 2 saturated heterocycles. The molecule has 1 atom stereocenters. The summed E-state index contributed by atoms with van der Waals surface area (Å²) in [6.45, 7) is 8.86. The monoisotopic (exact) mass is 265 g/mol. The second kappa shape index (κ2) is 5.71. The average molecular weight is 265 g/mol. The van der Waals surface area contributed by atoms with Crippen molar-refractivity contribution in [3.8, 4) is 0 Å². The summed E-state index contributed by atoms with van der Waals surface area (Å²) in [4.78, 5) is 5.29. The van der Waals surface area contributed by atoms with Crippen LogP contribution in [0, 0.1) is 5.92 Å². The first-order chi connectivity index (χ1) is 9.17. The van der Waals surface area contributed by atoms with Crippen molar-refractivity contribution in [2.45, 2.75) is 57.0 Å². The Morgan fingerprint density at radius 2 is 1.84 bits per heavy atom. The van der Waals surface area contributed by atoms with Crippen LogP contribution >= 0.6 is 0 Å². The summed E-state index contributed by atoms with van der Waals surface area (Å²) in [6.07, 6.45) is 8.49. The predicted octanol–water partition coefficient (Wildman–Crippen LogP) is 1.93. The minimum absolute atomic E-state index is 0.484. The van der Waals surface area contributed by atoms with Gasteiger partial charge in [0.25, 0.3) is 0 Å². The minimum Gasteiger partial charge on any atom is -0.308 e. The van der Waals surface area contributed by atoms with E-state index in [1.54, 1.807) is 0 Å². The number of piperazine rings is 1. The molecule has 110 valence electrons. The minimum atomic E-state index is 0.484. The predicted molar refractivity (Wildman–Crippen MR) is 80.5 cm³/mol. The van der Waals surface area contributed by atoms with E-state index < -0.39 is 0 Å². The highest BCUT2D eigenvalue weighted by Crippen LogP contribution is 2.33. The van der Waals surface area contributed by atoms with Gasteiger partial charge >= 0.3 is 0 Å². The van der Waals surface area contributed by atoms with Crippen LogP contribution in [-0.4, -0.2) is 61.2 Å². The molecule has 1 saturated carbocycles. The molecule has 0 radical (unpaired) electrons. The first-order valence-electron chi connectivity index (χ1n) is 8.34. The maximum atomic E-state index is 3.87. The van der Waals surface area contributed by atoms with Crippen LogP contribution in [0.5, 0.6) is 0 Å².